The highest BCUT2D eigenvalue weighted by Gasteiger charge is 2.61. The van der Waals surface area contributed by atoms with E-state index in [0.29, 0.717) is 25.3 Å². The fourth-order valence-corrected chi connectivity index (χ4v) is 3.77. The van der Waals surface area contributed by atoms with Gasteiger partial charge < -0.3 is 19.4 Å². The summed E-state index contributed by atoms with van der Waals surface area (Å²) < 4.78 is 17.8. The molecule has 6 heteroatoms. The van der Waals surface area contributed by atoms with Gasteiger partial charge in [-0.3, -0.25) is 0 Å². The Morgan fingerprint density at radius 2 is 2.05 bits per heavy atom. The van der Waals surface area contributed by atoms with Crippen LogP contribution in [0, 0.1) is 0 Å². The average Bonchev–Trinajstić information content (AvgIpc) is 2.52. The number of hydrogen-bond acceptors (Lipinski definition) is 6. The standard InChI is InChI=1S/C15H23NO4S/c1-4-19-14(18-2)11-8-12-16(17)15(14,21-3)20-13-9-6-5-7-10-13/h5-7,9-10,17H,4,8,11-12H2,1-3H3. The van der Waals surface area contributed by atoms with Gasteiger partial charge in [0.1, 0.15) is 5.75 Å². The predicted octanol–water partition coefficient (Wildman–Crippen LogP) is 2.95. The maximum atomic E-state index is 10.5. The third kappa shape index (κ3) is 2.91. The fraction of sp³-hybridized carbons (Fsp3) is 0.600. The zero-order valence-electron chi connectivity index (χ0n) is 12.7. The third-order valence-corrected chi connectivity index (χ3v) is 4.84. The van der Waals surface area contributed by atoms with Crippen molar-refractivity contribution in [3.63, 3.8) is 0 Å². The minimum atomic E-state index is -1.14. The molecule has 0 amide bonds. The Morgan fingerprint density at radius 1 is 1.33 bits per heavy atom. The van der Waals surface area contributed by atoms with Crippen molar-refractivity contribution in [2.24, 2.45) is 0 Å². The first-order valence-corrected chi connectivity index (χ1v) is 8.31. The van der Waals surface area contributed by atoms with E-state index >= 15 is 0 Å². The van der Waals surface area contributed by atoms with Crippen molar-refractivity contribution >= 4 is 11.8 Å². The SMILES string of the molecule is CCOC1(OC)CCCN(O)C1(Oc1ccccc1)SC. The molecule has 0 aliphatic carbocycles. The van der Waals surface area contributed by atoms with Gasteiger partial charge in [0, 0.05) is 26.7 Å². The van der Waals surface area contributed by atoms with Gasteiger partial charge in [-0.05, 0) is 31.7 Å². The second-order valence-electron chi connectivity index (χ2n) is 4.82. The highest BCUT2D eigenvalue weighted by Crippen LogP contribution is 2.47. The third-order valence-electron chi connectivity index (χ3n) is 3.68. The zero-order valence-corrected chi connectivity index (χ0v) is 13.6. The molecule has 5 nitrogen and oxygen atoms in total. The van der Waals surface area contributed by atoms with E-state index in [2.05, 4.69) is 0 Å². The van der Waals surface area contributed by atoms with Crippen LogP contribution in [-0.4, -0.2) is 47.6 Å². The van der Waals surface area contributed by atoms with Gasteiger partial charge in [0.05, 0.1) is 0 Å². The van der Waals surface area contributed by atoms with E-state index in [1.54, 1.807) is 7.11 Å². The molecular formula is C15H23NO4S. The lowest BCUT2D eigenvalue weighted by Gasteiger charge is -2.52. The van der Waals surface area contributed by atoms with Gasteiger partial charge in [-0.2, -0.15) is 0 Å². The number of hydroxylamine groups is 2. The van der Waals surface area contributed by atoms with Gasteiger partial charge in [0.25, 0.3) is 5.06 Å². The first-order valence-electron chi connectivity index (χ1n) is 7.09. The smallest absolute Gasteiger partial charge is 0.286 e. The second-order valence-corrected chi connectivity index (χ2v) is 5.78. The molecule has 1 N–H and O–H groups in total. The second kappa shape index (κ2) is 6.98. The Balaban J connectivity index is 2.42. The summed E-state index contributed by atoms with van der Waals surface area (Å²) in [6, 6.07) is 9.41. The van der Waals surface area contributed by atoms with Crippen LogP contribution in [0.1, 0.15) is 19.8 Å². The zero-order chi connectivity index (χ0) is 15.3. The number of hydrogen-bond donors (Lipinski definition) is 1. The average molecular weight is 313 g/mol. The first kappa shape index (κ1) is 16.6. The number of methoxy groups -OCH3 is 1. The monoisotopic (exact) mass is 313 g/mol. The van der Waals surface area contributed by atoms with E-state index < -0.39 is 10.8 Å². The maximum Gasteiger partial charge on any atom is 0.286 e. The quantitative estimate of drug-likeness (QED) is 0.815. The molecule has 1 heterocycles. The number of nitrogens with zero attached hydrogens (tertiary/aromatic N) is 1. The van der Waals surface area contributed by atoms with Gasteiger partial charge in [-0.25, -0.2) is 0 Å². The molecule has 2 unspecified atom stereocenters. The van der Waals surface area contributed by atoms with Crippen LogP contribution in [0.15, 0.2) is 30.3 Å². The largest absolute Gasteiger partial charge is 0.455 e. The molecule has 1 fully saturated rings. The predicted molar refractivity (Wildman–Crippen MR) is 82.4 cm³/mol. The molecule has 0 bridgehead atoms. The van der Waals surface area contributed by atoms with Gasteiger partial charge in [-0.15, -0.1) is 5.06 Å². The molecule has 1 aliphatic rings. The lowest BCUT2D eigenvalue weighted by molar-refractivity contribution is -0.372. The highest BCUT2D eigenvalue weighted by atomic mass is 32.2. The number of rotatable bonds is 6. The summed E-state index contributed by atoms with van der Waals surface area (Å²) in [5.74, 6) is -0.363. The molecule has 21 heavy (non-hydrogen) atoms. The van der Waals surface area contributed by atoms with Gasteiger partial charge in [0.15, 0.2) is 0 Å². The van der Waals surface area contributed by atoms with Crippen LogP contribution in [0.4, 0.5) is 0 Å². The molecule has 1 saturated heterocycles. The van der Waals surface area contributed by atoms with Crippen molar-refractivity contribution in [1.29, 1.82) is 0 Å². The van der Waals surface area contributed by atoms with Crippen LogP contribution in [-0.2, 0) is 9.47 Å². The Labute approximate surface area is 130 Å². The molecule has 0 spiro atoms. The van der Waals surface area contributed by atoms with E-state index in [1.807, 2.05) is 43.5 Å². The van der Waals surface area contributed by atoms with E-state index in [1.165, 1.54) is 16.8 Å². The van der Waals surface area contributed by atoms with Crippen molar-refractivity contribution in [2.75, 3.05) is 26.5 Å². The Hall–Kier alpha value is -0.790. The molecule has 118 valence electrons. The summed E-state index contributed by atoms with van der Waals surface area (Å²) in [6.07, 6.45) is 3.30. The molecule has 1 aromatic rings. The summed E-state index contributed by atoms with van der Waals surface area (Å²) in [7, 11) is 1.59. The Morgan fingerprint density at radius 3 is 2.62 bits per heavy atom. The maximum absolute atomic E-state index is 10.5. The normalized spacial score (nSPS) is 30.3. The molecule has 0 saturated carbocycles. The Kier molecular flexibility index (Phi) is 5.51. The summed E-state index contributed by atoms with van der Waals surface area (Å²) in [6.45, 7) is 2.89. The van der Waals surface area contributed by atoms with Crippen LogP contribution >= 0.6 is 11.8 Å². The molecular weight excluding hydrogens is 290 g/mol. The van der Waals surface area contributed by atoms with Crippen LogP contribution in [0.2, 0.25) is 0 Å². The lowest BCUT2D eigenvalue weighted by atomic mass is 10.0. The van der Waals surface area contributed by atoms with Crippen LogP contribution in [0.25, 0.3) is 0 Å². The van der Waals surface area contributed by atoms with E-state index in [9.17, 15) is 5.21 Å². The molecule has 0 radical (unpaired) electrons. The summed E-state index contributed by atoms with van der Waals surface area (Å²) in [5.41, 5.74) is 0. The minimum Gasteiger partial charge on any atom is -0.455 e. The summed E-state index contributed by atoms with van der Waals surface area (Å²) in [5, 5.41) is 10.5. The Bertz CT molecular complexity index is 443. The van der Waals surface area contributed by atoms with E-state index in [-0.39, 0.29) is 0 Å². The van der Waals surface area contributed by atoms with Crippen molar-refractivity contribution in [3.8, 4) is 5.75 Å². The van der Waals surface area contributed by atoms with Gasteiger partial charge >= 0.3 is 0 Å². The van der Waals surface area contributed by atoms with Crippen molar-refractivity contribution in [1.82, 2.24) is 5.06 Å². The number of thioether (sulfide) groups is 1. The van der Waals surface area contributed by atoms with Gasteiger partial charge in [0.2, 0.25) is 5.79 Å². The fourth-order valence-electron chi connectivity index (χ4n) is 2.73. The minimum absolute atomic E-state index is 0.474. The molecule has 2 rings (SSSR count). The number of benzene rings is 1. The van der Waals surface area contributed by atoms with Gasteiger partial charge in [-0.1, -0.05) is 30.0 Å². The highest BCUT2D eigenvalue weighted by molar-refractivity contribution is 7.99. The number of piperidine rings is 1. The van der Waals surface area contributed by atoms with E-state index in [0.717, 1.165) is 6.42 Å². The molecule has 2 atom stereocenters. The van der Waals surface area contributed by atoms with Crippen molar-refractivity contribution in [3.05, 3.63) is 30.3 Å². The number of para-hydroxylation sites is 1. The van der Waals surface area contributed by atoms with Crippen LogP contribution < -0.4 is 4.74 Å². The van der Waals surface area contributed by atoms with Crippen LogP contribution in [0.3, 0.4) is 0 Å². The first-order chi connectivity index (χ1) is 10.1. The molecule has 0 aromatic heterocycles. The topological polar surface area (TPSA) is 51.2 Å². The molecule has 1 aromatic carbocycles. The lowest BCUT2D eigenvalue weighted by Crippen LogP contribution is -2.69. The van der Waals surface area contributed by atoms with Crippen molar-refractivity contribution in [2.45, 2.75) is 30.6 Å². The summed E-state index contributed by atoms with van der Waals surface area (Å²) >= 11 is 1.37. The van der Waals surface area contributed by atoms with Crippen molar-refractivity contribution < 1.29 is 19.4 Å². The summed E-state index contributed by atoms with van der Waals surface area (Å²) in [4.78, 5) is 0. The molecule has 1 aliphatic heterocycles. The number of ether oxygens (including phenoxy) is 3. The van der Waals surface area contributed by atoms with Crippen LogP contribution in [0.5, 0.6) is 5.75 Å². The van der Waals surface area contributed by atoms with E-state index in [4.69, 9.17) is 14.2 Å².